The molecule has 2 aromatic rings. The van der Waals surface area contributed by atoms with E-state index >= 15 is 0 Å². The number of rotatable bonds is 4. The fraction of sp³-hybridized carbons (Fsp3) is 0.312. The largest absolute Gasteiger partial charge is 0.351 e. The Morgan fingerprint density at radius 2 is 2.16 bits per heavy atom. The maximum atomic E-state index is 12.0. The summed E-state index contributed by atoms with van der Waals surface area (Å²) in [6.45, 7) is 6.80. The van der Waals surface area contributed by atoms with Gasteiger partial charge in [-0.2, -0.15) is 0 Å². The van der Waals surface area contributed by atoms with E-state index in [1.807, 2.05) is 31.2 Å². The van der Waals surface area contributed by atoms with Gasteiger partial charge in [-0.1, -0.05) is 18.2 Å². The Bertz CT molecular complexity index is 623. The molecule has 0 unspecified atom stereocenters. The van der Waals surface area contributed by atoms with Crippen LogP contribution in [0.1, 0.15) is 35.0 Å². The number of allylic oxidation sites excluding steroid dienone is 1. The molecule has 0 bridgehead atoms. The average Bonchev–Trinajstić information content (AvgIpc) is 2.84. The van der Waals surface area contributed by atoms with Crippen LogP contribution in [0.5, 0.6) is 0 Å². The van der Waals surface area contributed by atoms with Crippen LogP contribution in [0.3, 0.4) is 0 Å². The Kier molecular flexibility index (Phi) is 4.05. The zero-order valence-electron chi connectivity index (χ0n) is 11.7. The number of aryl methyl sites for hydroxylation is 2. The first-order valence-corrected chi connectivity index (χ1v) is 6.61. The van der Waals surface area contributed by atoms with Crippen molar-refractivity contribution in [3.05, 3.63) is 47.2 Å². The number of hydrogen-bond donors (Lipinski definition) is 2. The summed E-state index contributed by atoms with van der Waals surface area (Å²) in [6.07, 6.45) is 4.89. The summed E-state index contributed by atoms with van der Waals surface area (Å²) in [5.41, 5.74) is 4.11. The van der Waals surface area contributed by atoms with Crippen LogP contribution >= 0.6 is 0 Å². The molecule has 0 aliphatic heterocycles. The van der Waals surface area contributed by atoms with Gasteiger partial charge in [-0.3, -0.25) is 4.79 Å². The maximum Gasteiger partial charge on any atom is 0.267 e. The first-order chi connectivity index (χ1) is 9.13. The molecule has 0 aliphatic carbocycles. The topological polar surface area (TPSA) is 44.9 Å². The molecule has 19 heavy (non-hydrogen) atoms. The number of aromatic nitrogens is 1. The summed E-state index contributed by atoms with van der Waals surface area (Å²) < 4.78 is 0. The minimum Gasteiger partial charge on any atom is -0.351 e. The number of aromatic amines is 1. The summed E-state index contributed by atoms with van der Waals surface area (Å²) in [5, 5.41) is 4.03. The second-order valence-electron chi connectivity index (χ2n) is 4.77. The van der Waals surface area contributed by atoms with Crippen LogP contribution in [-0.2, 0) is 0 Å². The van der Waals surface area contributed by atoms with Gasteiger partial charge in [0.15, 0.2) is 0 Å². The standard InChI is InChI=1S/C16H20N2O/c1-4-5-6-9-17-16(19)15-10-13-12(3)11(2)7-8-14(13)18-15/h4-5,7-8,10,18H,6,9H2,1-3H3,(H,17,19)/b5-4+. The van der Waals surface area contributed by atoms with Crippen molar-refractivity contribution in [2.24, 2.45) is 0 Å². The average molecular weight is 256 g/mol. The SMILES string of the molecule is C/C=C/CCNC(=O)c1cc2c(C)c(C)ccc2[nH]1. The van der Waals surface area contributed by atoms with Gasteiger partial charge in [0.05, 0.1) is 0 Å². The van der Waals surface area contributed by atoms with Crippen molar-refractivity contribution in [3.8, 4) is 0 Å². The van der Waals surface area contributed by atoms with Crippen molar-refractivity contribution in [1.82, 2.24) is 10.3 Å². The summed E-state index contributed by atoms with van der Waals surface area (Å²) >= 11 is 0. The Morgan fingerprint density at radius 3 is 2.89 bits per heavy atom. The summed E-state index contributed by atoms with van der Waals surface area (Å²) in [4.78, 5) is 15.2. The molecule has 100 valence electrons. The Hall–Kier alpha value is -2.03. The Balaban J connectivity index is 2.17. The summed E-state index contributed by atoms with van der Waals surface area (Å²) in [5.74, 6) is -0.0437. The van der Waals surface area contributed by atoms with Crippen molar-refractivity contribution in [2.75, 3.05) is 6.54 Å². The van der Waals surface area contributed by atoms with E-state index in [1.165, 1.54) is 11.1 Å². The molecule has 0 atom stereocenters. The molecule has 2 rings (SSSR count). The third kappa shape index (κ3) is 2.87. The van der Waals surface area contributed by atoms with E-state index in [1.54, 1.807) is 0 Å². The number of H-pyrrole nitrogens is 1. The smallest absolute Gasteiger partial charge is 0.267 e. The van der Waals surface area contributed by atoms with Crippen LogP contribution in [0.4, 0.5) is 0 Å². The van der Waals surface area contributed by atoms with Crippen LogP contribution in [0.15, 0.2) is 30.4 Å². The number of fused-ring (bicyclic) bond motifs is 1. The number of carbonyl (C=O) groups is 1. The van der Waals surface area contributed by atoms with Crippen LogP contribution in [0, 0.1) is 13.8 Å². The minimum atomic E-state index is -0.0437. The molecule has 0 fully saturated rings. The van der Waals surface area contributed by atoms with E-state index in [0.29, 0.717) is 12.2 Å². The highest BCUT2D eigenvalue weighted by Crippen LogP contribution is 2.22. The molecule has 1 aromatic carbocycles. The second kappa shape index (κ2) is 5.74. The molecule has 0 saturated carbocycles. The lowest BCUT2D eigenvalue weighted by Crippen LogP contribution is -2.24. The van der Waals surface area contributed by atoms with Gasteiger partial charge in [-0.15, -0.1) is 0 Å². The maximum absolute atomic E-state index is 12.0. The van der Waals surface area contributed by atoms with Gasteiger partial charge in [0.25, 0.3) is 5.91 Å². The number of hydrogen-bond acceptors (Lipinski definition) is 1. The van der Waals surface area contributed by atoms with Gasteiger partial charge in [0.2, 0.25) is 0 Å². The van der Waals surface area contributed by atoms with Crippen LogP contribution < -0.4 is 5.32 Å². The van der Waals surface area contributed by atoms with Crippen molar-refractivity contribution >= 4 is 16.8 Å². The van der Waals surface area contributed by atoms with E-state index < -0.39 is 0 Å². The van der Waals surface area contributed by atoms with E-state index in [2.05, 4.69) is 30.2 Å². The molecule has 0 radical (unpaired) electrons. The van der Waals surface area contributed by atoms with Crippen LogP contribution in [0.25, 0.3) is 10.9 Å². The molecule has 1 heterocycles. The third-order valence-corrected chi connectivity index (χ3v) is 3.42. The lowest BCUT2D eigenvalue weighted by atomic mass is 10.1. The molecule has 3 nitrogen and oxygen atoms in total. The van der Waals surface area contributed by atoms with E-state index in [0.717, 1.165) is 17.3 Å². The highest BCUT2D eigenvalue weighted by atomic mass is 16.1. The highest BCUT2D eigenvalue weighted by Gasteiger charge is 2.10. The molecule has 2 N–H and O–H groups in total. The van der Waals surface area contributed by atoms with Gasteiger partial charge in [0.1, 0.15) is 5.69 Å². The molecule has 1 amide bonds. The zero-order valence-corrected chi connectivity index (χ0v) is 11.7. The molecule has 0 aliphatic rings. The normalized spacial score (nSPS) is 11.3. The van der Waals surface area contributed by atoms with Gasteiger partial charge < -0.3 is 10.3 Å². The number of carbonyl (C=O) groups excluding carboxylic acids is 1. The lowest BCUT2D eigenvalue weighted by Gasteiger charge is -2.00. The van der Waals surface area contributed by atoms with Crippen molar-refractivity contribution in [1.29, 1.82) is 0 Å². The first-order valence-electron chi connectivity index (χ1n) is 6.61. The van der Waals surface area contributed by atoms with Crippen molar-refractivity contribution in [2.45, 2.75) is 27.2 Å². The lowest BCUT2D eigenvalue weighted by molar-refractivity contribution is 0.0950. The van der Waals surface area contributed by atoms with E-state index in [-0.39, 0.29) is 5.91 Å². The third-order valence-electron chi connectivity index (χ3n) is 3.42. The molecule has 3 heteroatoms. The quantitative estimate of drug-likeness (QED) is 0.638. The highest BCUT2D eigenvalue weighted by molar-refractivity contribution is 5.99. The predicted octanol–water partition coefficient (Wildman–Crippen LogP) is 3.48. The Labute approximate surface area is 113 Å². The molecule has 0 spiro atoms. The fourth-order valence-corrected chi connectivity index (χ4v) is 2.11. The first kappa shape index (κ1) is 13.4. The number of benzene rings is 1. The van der Waals surface area contributed by atoms with Gasteiger partial charge in [-0.05, 0) is 50.5 Å². The van der Waals surface area contributed by atoms with Crippen molar-refractivity contribution < 1.29 is 4.79 Å². The van der Waals surface area contributed by atoms with Gasteiger partial charge >= 0.3 is 0 Å². The van der Waals surface area contributed by atoms with E-state index in [9.17, 15) is 4.79 Å². The Morgan fingerprint density at radius 1 is 1.37 bits per heavy atom. The minimum absolute atomic E-state index is 0.0437. The number of amides is 1. The predicted molar refractivity (Wildman–Crippen MR) is 79.5 cm³/mol. The monoisotopic (exact) mass is 256 g/mol. The van der Waals surface area contributed by atoms with Gasteiger partial charge in [0, 0.05) is 17.4 Å². The summed E-state index contributed by atoms with van der Waals surface area (Å²) in [6, 6.07) is 6.03. The number of nitrogens with one attached hydrogen (secondary N) is 2. The second-order valence-corrected chi connectivity index (χ2v) is 4.77. The molecular formula is C16H20N2O. The molecule has 1 aromatic heterocycles. The molecular weight excluding hydrogens is 236 g/mol. The van der Waals surface area contributed by atoms with Crippen LogP contribution in [0.2, 0.25) is 0 Å². The fourth-order valence-electron chi connectivity index (χ4n) is 2.11. The van der Waals surface area contributed by atoms with Crippen molar-refractivity contribution in [3.63, 3.8) is 0 Å². The van der Waals surface area contributed by atoms with E-state index in [4.69, 9.17) is 0 Å². The van der Waals surface area contributed by atoms with Gasteiger partial charge in [-0.25, -0.2) is 0 Å². The zero-order chi connectivity index (χ0) is 13.8. The van der Waals surface area contributed by atoms with Crippen LogP contribution in [-0.4, -0.2) is 17.4 Å². The molecule has 0 saturated heterocycles. The summed E-state index contributed by atoms with van der Waals surface area (Å²) in [7, 11) is 0.